The molecule has 0 aromatic heterocycles. The van der Waals surface area contributed by atoms with Gasteiger partial charge in [0.1, 0.15) is 0 Å². The second kappa shape index (κ2) is 7.74. The first kappa shape index (κ1) is 18.2. The van der Waals surface area contributed by atoms with Crippen molar-refractivity contribution in [3.63, 3.8) is 0 Å². The Morgan fingerprint density at radius 2 is 1.88 bits per heavy atom. The Bertz CT molecular complexity index is 851. The highest BCUT2D eigenvalue weighted by Crippen LogP contribution is 2.31. The summed E-state index contributed by atoms with van der Waals surface area (Å²) < 4.78 is 0. The van der Waals surface area contributed by atoms with Gasteiger partial charge in [-0.25, -0.2) is 4.90 Å². The lowest BCUT2D eigenvalue weighted by Gasteiger charge is -2.17. The highest BCUT2D eigenvalue weighted by atomic mass is 32.2. The van der Waals surface area contributed by atoms with Gasteiger partial charge in [-0.2, -0.15) is 0 Å². The number of nitrogens with one attached hydrogen (secondary N) is 1. The normalized spacial score (nSPS) is 16.8. The van der Waals surface area contributed by atoms with E-state index in [1.807, 2.05) is 44.2 Å². The van der Waals surface area contributed by atoms with E-state index in [4.69, 9.17) is 0 Å². The zero-order valence-corrected chi connectivity index (χ0v) is 15.5. The quantitative estimate of drug-likeness (QED) is 0.823. The van der Waals surface area contributed by atoms with E-state index in [9.17, 15) is 14.4 Å². The van der Waals surface area contributed by atoms with Crippen LogP contribution in [-0.4, -0.2) is 28.7 Å². The molecule has 0 bridgehead atoms. The van der Waals surface area contributed by atoms with Crippen LogP contribution in [0.4, 0.5) is 11.4 Å². The third kappa shape index (κ3) is 3.96. The first-order valence-corrected chi connectivity index (χ1v) is 9.41. The van der Waals surface area contributed by atoms with Crippen molar-refractivity contribution >= 4 is 40.9 Å². The summed E-state index contributed by atoms with van der Waals surface area (Å²) in [6, 6.07) is 14.8. The molecule has 5 nitrogen and oxygen atoms in total. The molecule has 0 aliphatic carbocycles. The maximum Gasteiger partial charge on any atom is 0.247 e. The van der Waals surface area contributed by atoms with Gasteiger partial charge in [-0.05, 0) is 37.6 Å². The smallest absolute Gasteiger partial charge is 0.247 e. The molecule has 3 rings (SSSR count). The molecule has 1 unspecified atom stereocenters. The lowest BCUT2D eigenvalue weighted by atomic mass is 10.1. The molecule has 0 radical (unpaired) electrons. The lowest BCUT2D eigenvalue weighted by molar-refractivity contribution is -0.121. The Morgan fingerprint density at radius 1 is 1.15 bits per heavy atom. The number of hydrogen-bond donors (Lipinski definition) is 1. The van der Waals surface area contributed by atoms with Crippen LogP contribution in [-0.2, 0) is 14.4 Å². The largest absolute Gasteiger partial charge is 0.325 e. The standard InChI is InChI=1S/C20H20N2O3S/c1-13-8-9-16(14(2)10-13)22-19(24)11-17(20(22)25)26-12-18(23)21-15-6-4-3-5-7-15/h3-10,17H,11-12H2,1-2H3,(H,21,23). The molecule has 2 aromatic carbocycles. The first-order chi connectivity index (χ1) is 12.5. The number of anilines is 2. The van der Waals surface area contributed by atoms with Crippen LogP contribution in [0.25, 0.3) is 0 Å². The third-order valence-electron chi connectivity index (χ3n) is 4.17. The number of hydrogen-bond acceptors (Lipinski definition) is 4. The number of thioether (sulfide) groups is 1. The molecule has 1 atom stereocenters. The highest BCUT2D eigenvalue weighted by molar-refractivity contribution is 8.01. The molecule has 26 heavy (non-hydrogen) atoms. The molecule has 1 saturated heterocycles. The number of nitrogens with zero attached hydrogens (tertiary/aromatic N) is 1. The van der Waals surface area contributed by atoms with E-state index >= 15 is 0 Å². The molecule has 1 aliphatic rings. The van der Waals surface area contributed by atoms with Crippen molar-refractivity contribution in [2.24, 2.45) is 0 Å². The van der Waals surface area contributed by atoms with Gasteiger partial charge in [0.25, 0.3) is 0 Å². The molecule has 1 N–H and O–H groups in total. The topological polar surface area (TPSA) is 66.5 Å². The monoisotopic (exact) mass is 368 g/mol. The number of benzene rings is 2. The van der Waals surface area contributed by atoms with Crippen LogP contribution in [0, 0.1) is 13.8 Å². The van der Waals surface area contributed by atoms with Crippen LogP contribution < -0.4 is 10.2 Å². The van der Waals surface area contributed by atoms with Gasteiger partial charge in [-0.15, -0.1) is 11.8 Å². The van der Waals surface area contributed by atoms with E-state index in [0.29, 0.717) is 11.4 Å². The van der Waals surface area contributed by atoms with Crippen molar-refractivity contribution in [3.05, 3.63) is 59.7 Å². The summed E-state index contributed by atoms with van der Waals surface area (Å²) in [7, 11) is 0. The summed E-state index contributed by atoms with van der Waals surface area (Å²) >= 11 is 1.21. The van der Waals surface area contributed by atoms with Gasteiger partial charge >= 0.3 is 0 Å². The fourth-order valence-corrected chi connectivity index (χ4v) is 3.87. The Hall–Kier alpha value is -2.60. The number of imide groups is 1. The zero-order valence-electron chi connectivity index (χ0n) is 14.7. The number of carbonyl (C=O) groups is 3. The molecule has 0 spiro atoms. The summed E-state index contributed by atoms with van der Waals surface area (Å²) in [4.78, 5) is 38.3. The maximum absolute atomic E-state index is 12.7. The summed E-state index contributed by atoms with van der Waals surface area (Å²) in [5.41, 5.74) is 3.30. The maximum atomic E-state index is 12.7. The van der Waals surface area contributed by atoms with Crippen LogP contribution in [0.2, 0.25) is 0 Å². The highest BCUT2D eigenvalue weighted by Gasteiger charge is 2.40. The van der Waals surface area contributed by atoms with Gasteiger partial charge in [0.05, 0.1) is 16.7 Å². The van der Waals surface area contributed by atoms with Gasteiger partial charge < -0.3 is 5.32 Å². The van der Waals surface area contributed by atoms with E-state index in [-0.39, 0.29) is 29.9 Å². The van der Waals surface area contributed by atoms with E-state index in [1.54, 1.807) is 18.2 Å². The minimum absolute atomic E-state index is 0.120. The molecule has 3 amide bonds. The Labute approximate surface area is 156 Å². The van der Waals surface area contributed by atoms with E-state index < -0.39 is 5.25 Å². The molecule has 1 aliphatic heterocycles. The van der Waals surface area contributed by atoms with Crippen LogP contribution in [0.3, 0.4) is 0 Å². The third-order valence-corrected chi connectivity index (χ3v) is 5.37. The Balaban J connectivity index is 1.63. The van der Waals surface area contributed by atoms with Crippen molar-refractivity contribution < 1.29 is 14.4 Å². The number of rotatable bonds is 5. The molecule has 2 aromatic rings. The number of amides is 3. The average Bonchev–Trinajstić information content (AvgIpc) is 2.88. The summed E-state index contributed by atoms with van der Waals surface area (Å²) in [5.74, 6) is -0.534. The number of carbonyl (C=O) groups excluding carboxylic acids is 3. The SMILES string of the molecule is Cc1ccc(N2C(=O)CC(SCC(=O)Nc3ccccc3)C2=O)c(C)c1. The van der Waals surface area contributed by atoms with Gasteiger partial charge in [0.2, 0.25) is 17.7 Å². The van der Waals surface area contributed by atoms with Crippen molar-refractivity contribution in [2.75, 3.05) is 16.0 Å². The van der Waals surface area contributed by atoms with Gasteiger partial charge in [-0.3, -0.25) is 14.4 Å². The molecule has 1 heterocycles. The molecule has 1 fully saturated rings. The van der Waals surface area contributed by atoms with Crippen LogP contribution in [0.1, 0.15) is 17.5 Å². The van der Waals surface area contributed by atoms with Crippen molar-refractivity contribution in [2.45, 2.75) is 25.5 Å². The van der Waals surface area contributed by atoms with Crippen LogP contribution >= 0.6 is 11.8 Å². The van der Waals surface area contributed by atoms with Crippen LogP contribution in [0.15, 0.2) is 48.5 Å². The summed E-state index contributed by atoms with van der Waals surface area (Å²) in [6.07, 6.45) is 0.120. The molecule has 6 heteroatoms. The Morgan fingerprint density at radius 3 is 2.58 bits per heavy atom. The minimum atomic E-state index is -0.523. The lowest BCUT2D eigenvalue weighted by Crippen LogP contribution is -2.32. The molecular weight excluding hydrogens is 348 g/mol. The molecule has 134 valence electrons. The average molecular weight is 368 g/mol. The number of para-hydroxylation sites is 1. The number of aryl methyl sites for hydroxylation is 2. The molecular formula is C20H20N2O3S. The van der Waals surface area contributed by atoms with Gasteiger partial charge in [0, 0.05) is 12.1 Å². The van der Waals surface area contributed by atoms with E-state index in [0.717, 1.165) is 11.1 Å². The van der Waals surface area contributed by atoms with E-state index in [2.05, 4.69) is 5.32 Å². The minimum Gasteiger partial charge on any atom is -0.325 e. The zero-order chi connectivity index (χ0) is 18.7. The fourth-order valence-electron chi connectivity index (χ4n) is 2.94. The molecule has 0 saturated carbocycles. The van der Waals surface area contributed by atoms with Crippen molar-refractivity contribution in [1.82, 2.24) is 0 Å². The fraction of sp³-hybridized carbons (Fsp3) is 0.250. The predicted molar refractivity (Wildman–Crippen MR) is 104 cm³/mol. The second-order valence-electron chi connectivity index (χ2n) is 6.28. The summed E-state index contributed by atoms with van der Waals surface area (Å²) in [5, 5.41) is 2.26. The van der Waals surface area contributed by atoms with Crippen molar-refractivity contribution in [1.29, 1.82) is 0 Å². The predicted octanol–water partition coefficient (Wildman–Crippen LogP) is 3.31. The second-order valence-corrected chi connectivity index (χ2v) is 7.47. The van der Waals surface area contributed by atoms with Crippen LogP contribution in [0.5, 0.6) is 0 Å². The van der Waals surface area contributed by atoms with E-state index in [1.165, 1.54) is 16.7 Å². The summed E-state index contributed by atoms with van der Waals surface area (Å²) in [6.45, 7) is 3.85. The first-order valence-electron chi connectivity index (χ1n) is 8.36. The van der Waals surface area contributed by atoms with Gasteiger partial charge in [-0.1, -0.05) is 35.9 Å². The Kier molecular flexibility index (Phi) is 5.42. The van der Waals surface area contributed by atoms with Gasteiger partial charge in [0.15, 0.2) is 0 Å². The van der Waals surface area contributed by atoms with Crippen molar-refractivity contribution in [3.8, 4) is 0 Å².